The molecule has 6 aromatic heterocycles. The number of rotatable bonds is 4. The normalized spacial score (nSPS) is 14.2. The Bertz CT molecular complexity index is 4840. The first-order chi connectivity index (χ1) is 44.4. The van der Waals surface area contributed by atoms with Crippen LogP contribution < -0.4 is 19.9 Å². The van der Waals surface area contributed by atoms with Crippen LogP contribution in [0, 0.1) is 11.8 Å². The second-order valence-corrected chi connectivity index (χ2v) is 31.6. The third-order valence-corrected chi connectivity index (χ3v) is 18.9. The molecule has 96 heavy (non-hydrogen) atoms. The van der Waals surface area contributed by atoms with E-state index in [-0.39, 0.29) is 71.4 Å². The van der Waals surface area contributed by atoms with Gasteiger partial charge in [-0.1, -0.05) is 244 Å². The van der Waals surface area contributed by atoms with E-state index in [1.165, 1.54) is 22.3 Å². The van der Waals surface area contributed by atoms with Crippen LogP contribution in [0.4, 0.5) is 0 Å². The summed E-state index contributed by atoms with van der Waals surface area (Å²) in [6, 6.07) is 56.7. The van der Waals surface area contributed by atoms with Crippen molar-refractivity contribution in [2.45, 2.75) is 156 Å². The zero-order valence-electron chi connectivity index (χ0n) is 58.7. The van der Waals surface area contributed by atoms with Crippen molar-refractivity contribution in [3.8, 4) is 56.3 Å². The number of hydrogen-bond acceptors (Lipinski definition) is 4. The smallest absolute Gasteiger partial charge is 0.657 e. The Balaban J connectivity index is 0.00000440. The largest absolute Gasteiger partial charge is 2.00 e. The van der Waals surface area contributed by atoms with Gasteiger partial charge in [0.05, 0.1) is 22.8 Å². The van der Waals surface area contributed by atoms with Gasteiger partial charge < -0.3 is 19.9 Å². The van der Waals surface area contributed by atoms with Crippen molar-refractivity contribution in [3.63, 3.8) is 0 Å². The van der Waals surface area contributed by atoms with E-state index in [9.17, 15) is 0 Å². The molecule has 10 heterocycles. The number of hydrogen-bond donors (Lipinski definition) is 0. The molecule has 0 atom stereocenters. The average Bonchev–Trinajstić information content (AvgIpc) is 1.39. The van der Waals surface area contributed by atoms with E-state index in [1.807, 2.05) is 0 Å². The minimum Gasteiger partial charge on any atom is -0.657 e. The summed E-state index contributed by atoms with van der Waals surface area (Å²) in [7, 11) is 0. The molecule has 0 N–H and O–H groups in total. The van der Waals surface area contributed by atoms with Crippen molar-refractivity contribution in [2.24, 2.45) is 0 Å². The molecule has 10 heteroatoms. The maximum Gasteiger partial charge on any atom is 2.00 e. The van der Waals surface area contributed by atoms with Crippen LogP contribution in [0.5, 0.6) is 0 Å². The summed E-state index contributed by atoms with van der Waals surface area (Å²) in [5.74, 6) is 7.00. The fraction of sp³-hybridized carbons (Fsp3) is 0.279. The molecule has 0 saturated carbocycles. The van der Waals surface area contributed by atoms with E-state index in [1.54, 1.807) is 0 Å². The molecule has 0 aliphatic carbocycles. The van der Waals surface area contributed by atoms with Gasteiger partial charge in [0.15, 0.2) is 0 Å². The second kappa shape index (κ2) is 24.8. The first-order valence-electron chi connectivity index (χ1n) is 33.1. The molecule has 14 rings (SSSR count). The molecule has 8 nitrogen and oxygen atoms in total. The Morgan fingerprint density at radius 3 is 0.969 bits per heavy atom. The van der Waals surface area contributed by atoms with Crippen molar-refractivity contribution in [3.05, 3.63) is 237 Å². The maximum absolute atomic E-state index is 5.56. The third-order valence-electron chi connectivity index (χ3n) is 18.9. The standard InChI is InChI=1S/C86H82N8.2Zn/c1-81(2,3)57-39-55(40-58(43-57)82(4,5)6)79-69-33-29-63(89-69)47-75-85(13,14)49-65(91-75)45-61-27-31-67(87-61)77(71-35-37-73(79)93-71)53-23-19-51(20-24-53)17-18-52-21-25-54(26-22-52)78-68-32-28-62(88-68)46-66-50-86(15,16)76(92-66)48-64-30-34-70(90-64)80(74-38-36-72(78)94-74)56-41-59(83(7,8)9)44-60(42-56)84(10,11)12;;/h19-48H,49-50H2,1-16H3;;/q-4;2*+2/i75+1;;. The molecule has 470 valence electrons. The number of nitrogens with zero attached hydrogens (tertiary/aromatic N) is 8. The van der Waals surface area contributed by atoms with Crippen molar-refractivity contribution < 1.29 is 39.0 Å². The van der Waals surface area contributed by atoms with Gasteiger partial charge in [0, 0.05) is 57.6 Å². The Kier molecular flexibility index (Phi) is 17.4. The molecule has 16 bridgehead atoms. The molecule has 4 aliphatic heterocycles. The van der Waals surface area contributed by atoms with Gasteiger partial charge in [-0.15, -0.1) is 44.1 Å². The van der Waals surface area contributed by atoms with Crippen molar-refractivity contribution >= 4 is 68.4 Å². The summed E-state index contributed by atoms with van der Waals surface area (Å²) in [6.07, 6.45) is 10.0. The van der Waals surface area contributed by atoms with Crippen LogP contribution in [0.3, 0.4) is 0 Å². The number of fused-ring (bicyclic) bond motifs is 16. The van der Waals surface area contributed by atoms with Crippen LogP contribution in [0.15, 0.2) is 158 Å². The molecule has 0 amide bonds. The van der Waals surface area contributed by atoms with Crippen molar-refractivity contribution in [2.75, 3.05) is 0 Å². The van der Waals surface area contributed by atoms with Crippen LogP contribution in [-0.2, 0) is 84.3 Å². The van der Waals surface area contributed by atoms with Gasteiger partial charge in [-0.3, -0.25) is 9.97 Å². The molecule has 0 saturated heterocycles. The summed E-state index contributed by atoms with van der Waals surface area (Å²) < 4.78 is 0. The Morgan fingerprint density at radius 2 is 0.635 bits per heavy atom. The Hall–Kier alpha value is -8.59. The van der Waals surface area contributed by atoms with Gasteiger partial charge in [0.2, 0.25) is 0 Å². The maximum atomic E-state index is 5.56. The van der Waals surface area contributed by atoms with Crippen LogP contribution in [-0.4, -0.2) is 19.9 Å². The van der Waals surface area contributed by atoms with Gasteiger partial charge in [0.25, 0.3) is 0 Å². The molecule has 0 fully saturated rings. The molecule has 0 unspecified atom stereocenters. The molecule has 4 aromatic carbocycles. The van der Waals surface area contributed by atoms with Gasteiger partial charge in [-0.05, 0) is 149 Å². The molecular weight excluding hydrogens is 1280 g/mol. The molecular formula is C86H82N8Zn2. The van der Waals surface area contributed by atoms with E-state index in [2.05, 4.69) is 305 Å². The first-order valence-corrected chi connectivity index (χ1v) is 33.1. The number of aromatic nitrogens is 8. The summed E-state index contributed by atoms with van der Waals surface area (Å²) >= 11 is 0. The second-order valence-electron chi connectivity index (χ2n) is 31.6. The number of benzene rings is 4. The van der Waals surface area contributed by atoms with E-state index < -0.39 is 0 Å². The quantitative estimate of drug-likeness (QED) is 0.127. The average molecular weight is 1360 g/mol. The van der Waals surface area contributed by atoms with Crippen molar-refractivity contribution in [1.29, 1.82) is 0 Å². The van der Waals surface area contributed by atoms with E-state index in [0.717, 1.165) is 158 Å². The monoisotopic (exact) mass is 1360 g/mol. The van der Waals surface area contributed by atoms with E-state index in [0.29, 0.717) is 0 Å². The van der Waals surface area contributed by atoms with Crippen LogP contribution in [0.1, 0.15) is 190 Å². The fourth-order valence-corrected chi connectivity index (χ4v) is 13.3. The zero-order chi connectivity index (χ0) is 66.0. The fourth-order valence-electron chi connectivity index (χ4n) is 13.3. The van der Waals surface area contributed by atoms with Gasteiger partial charge >= 0.3 is 39.0 Å². The van der Waals surface area contributed by atoms with E-state index in [4.69, 9.17) is 39.9 Å². The minimum absolute atomic E-state index is 0. The molecule has 4 aliphatic rings. The van der Waals surface area contributed by atoms with Gasteiger partial charge in [0.1, 0.15) is 0 Å². The molecule has 0 radical (unpaired) electrons. The predicted molar refractivity (Wildman–Crippen MR) is 392 cm³/mol. The molecule has 0 spiro atoms. The summed E-state index contributed by atoms with van der Waals surface area (Å²) in [5.41, 5.74) is 28.5. The SMILES string of the molecule is CC(C)(C)c1cc(-c2c3ccc(cc4nc(cc5nc(c(-c6ccc(C#Cc7ccc(-c8c9nc(cc%10n[13c](cc%11ccc([n-]%11)c(-c%11cc(C(C)(C)C)cc(C(C)(C)C)c%11)c%11ccc8[n-]%11)C(C)(C)C%10)C=C9)cc7)cc6)c6ccc2[n-]6)C=C5)CC4(C)C)[n-]3)cc(C(C)(C)C)c1.[Zn+2].[Zn+2]. The van der Waals surface area contributed by atoms with Crippen molar-refractivity contribution in [1.82, 2.24) is 39.9 Å². The Morgan fingerprint density at radius 1 is 0.323 bits per heavy atom. The molecule has 10 aromatic rings. The minimum atomic E-state index is -0.177. The summed E-state index contributed by atoms with van der Waals surface area (Å²) in [4.78, 5) is 42.8. The van der Waals surface area contributed by atoms with E-state index >= 15 is 0 Å². The van der Waals surface area contributed by atoms with Gasteiger partial charge in [-0.2, -0.15) is 0 Å². The summed E-state index contributed by atoms with van der Waals surface area (Å²) in [6.45, 7) is 36.5. The topological polar surface area (TPSA) is 108 Å². The van der Waals surface area contributed by atoms with Crippen LogP contribution in [0.2, 0.25) is 0 Å². The Labute approximate surface area is 592 Å². The third kappa shape index (κ3) is 13.5. The predicted octanol–water partition coefficient (Wildman–Crippen LogP) is 20.1. The first kappa shape index (κ1) is 67.4. The van der Waals surface area contributed by atoms with Crippen LogP contribution in [0.25, 0.3) is 113 Å². The summed E-state index contributed by atoms with van der Waals surface area (Å²) in [5, 5.41) is 0. The van der Waals surface area contributed by atoms with Crippen LogP contribution >= 0.6 is 0 Å². The zero-order valence-corrected chi connectivity index (χ0v) is 64.7. The van der Waals surface area contributed by atoms with Gasteiger partial charge in [-0.25, -0.2) is 9.97 Å².